The molecule has 0 unspecified atom stereocenters. The number of hydrogen-bond donors (Lipinski definition) is 0. The minimum absolute atomic E-state index is 0.167. The van der Waals surface area contributed by atoms with Gasteiger partial charge in [-0.3, -0.25) is 19.5 Å². The quantitative estimate of drug-likeness (QED) is 0.557. The monoisotopic (exact) mass is 488 g/mol. The number of carbonyl (C=O) groups is 2. The Kier molecular flexibility index (Phi) is 8.00. The van der Waals surface area contributed by atoms with Gasteiger partial charge in [-0.1, -0.05) is 24.3 Å². The molecule has 1 aromatic heterocycles. The lowest BCUT2D eigenvalue weighted by Gasteiger charge is -2.57. The fourth-order valence-electron chi connectivity index (χ4n) is 6.95. The van der Waals surface area contributed by atoms with Crippen molar-refractivity contribution < 1.29 is 9.59 Å². The maximum atomic E-state index is 13.7. The molecule has 192 valence electrons. The minimum Gasteiger partial charge on any atom is -0.345 e. The van der Waals surface area contributed by atoms with E-state index >= 15 is 0 Å². The van der Waals surface area contributed by atoms with Gasteiger partial charge in [0.15, 0.2) is 0 Å². The second kappa shape index (κ2) is 11.5. The molecule has 4 heterocycles. The summed E-state index contributed by atoms with van der Waals surface area (Å²) >= 11 is 0. The number of pyridine rings is 1. The molecule has 36 heavy (non-hydrogen) atoms. The zero-order valence-electron chi connectivity index (χ0n) is 21.6. The highest BCUT2D eigenvalue weighted by Crippen LogP contribution is 2.43. The third-order valence-corrected chi connectivity index (χ3v) is 8.70. The van der Waals surface area contributed by atoms with Gasteiger partial charge in [0, 0.05) is 62.5 Å². The summed E-state index contributed by atoms with van der Waals surface area (Å²) in [6.45, 7) is 3.94. The Morgan fingerprint density at radius 3 is 2.58 bits per heavy atom. The Morgan fingerprint density at radius 2 is 1.81 bits per heavy atom. The van der Waals surface area contributed by atoms with Crippen LogP contribution in [0.4, 0.5) is 0 Å². The molecular weight excluding hydrogens is 448 g/mol. The molecular formula is C30H40N4O2. The average molecular weight is 489 g/mol. The summed E-state index contributed by atoms with van der Waals surface area (Å²) in [7, 11) is 1.89. The van der Waals surface area contributed by atoms with Gasteiger partial charge in [0.25, 0.3) is 5.91 Å². The summed E-state index contributed by atoms with van der Waals surface area (Å²) in [5.74, 6) is 1.44. The molecule has 6 nitrogen and oxygen atoms in total. The fraction of sp³-hybridized carbons (Fsp3) is 0.567. The van der Waals surface area contributed by atoms with Crippen LogP contribution in [0.3, 0.4) is 0 Å². The second-order valence-corrected chi connectivity index (χ2v) is 10.9. The van der Waals surface area contributed by atoms with Gasteiger partial charge in [0.05, 0.1) is 0 Å². The number of carbonyl (C=O) groups excluding carboxylic acids is 2. The van der Waals surface area contributed by atoms with Crippen LogP contribution in [-0.2, 0) is 11.2 Å². The number of nitrogens with zero attached hydrogens (tertiary/aromatic N) is 4. The van der Waals surface area contributed by atoms with Crippen LogP contribution in [0, 0.1) is 11.8 Å². The van der Waals surface area contributed by atoms with Gasteiger partial charge in [-0.25, -0.2) is 0 Å². The largest absolute Gasteiger partial charge is 0.345 e. The lowest BCUT2D eigenvalue weighted by molar-refractivity contribution is -0.130. The molecule has 3 saturated heterocycles. The highest BCUT2D eigenvalue weighted by Gasteiger charge is 2.49. The maximum Gasteiger partial charge on any atom is 0.254 e. The molecule has 0 radical (unpaired) electrons. The first kappa shape index (κ1) is 24.9. The van der Waals surface area contributed by atoms with Crippen molar-refractivity contribution in [3.8, 4) is 0 Å². The van der Waals surface area contributed by atoms with E-state index < -0.39 is 0 Å². The normalized spacial score (nSPS) is 25.8. The summed E-state index contributed by atoms with van der Waals surface area (Å²) < 4.78 is 0. The smallest absolute Gasteiger partial charge is 0.254 e. The number of amides is 2. The molecule has 3 aliphatic heterocycles. The van der Waals surface area contributed by atoms with E-state index in [4.69, 9.17) is 0 Å². The second-order valence-electron chi connectivity index (χ2n) is 10.9. The molecule has 0 bridgehead atoms. The summed E-state index contributed by atoms with van der Waals surface area (Å²) in [5, 5.41) is 0. The van der Waals surface area contributed by atoms with Crippen molar-refractivity contribution in [3.63, 3.8) is 0 Å². The van der Waals surface area contributed by atoms with Crippen molar-refractivity contribution in [2.75, 3.05) is 33.2 Å². The van der Waals surface area contributed by atoms with Gasteiger partial charge < -0.3 is 9.80 Å². The van der Waals surface area contributed by atoms with E-state index in [1.807, 2.05) is 60.5 Å². The number of hydrogen-bond acceptors (Lipinski definition) is 4. The Bertz CT molecular complexity index is 1010. The molecule has 3 fully saturated rings. The van der Waals surface area contributed by atoms with E-state index in [9.17, 15) is 9.59 Å². The molecule has 0 saturated carbocycles. The topological polar surface area (TPSA) is 56.8 Å². The van der Waals surface area contributed by atoms with E-state index in [0.717, 1.165) is 37.1 Å². The van der Waals surface area contributed by atoms with E-state index in [1.165, 1.54) is 38.8 Å². The summed E-state index contributed by atoms with van der Waals surface area (Å²) in [6, 6.07) is 16.5. The van der Waals surface area contributed by atoms with Crippen LogP contribution in [0.5, 0.6) is 0 Å². The number of likely N-dealkylation sites (tertiary alicyclic amines) is 1. The third kappa shape index (κ3) is 5.49. The van der Waals surface area contributed by atoms with E-state index in [1.54, 1.807) is 6.20 Å². The highest BCUT2D eigenvalue weighted by atomic mass is 16.2. The van der Waals surface area contributed by atoms with Crippen molar-refractivity contribution in [2.24, 2.45) is 11.8 Å². The van der Waals surface area contributed by atoms with Crippen molar-refractivity contribution in [3.05, 3.63) is 66.0 Å². The van der Waals surface area contributed by atoms with Crippen LogP contribution >= 0.6 is 0 Å². The maximum absolute atomic E-state index is 13.7. The molecule has 3 aliphatic rings. The molecule has 2 aromatic rings. The average Bonchev–Trinajstić information content (AvgIpc) is 2.93. The number of benzene rings is 1. The van der Waals surface area contributed by atoms with Crippen LogP contribution in [0.1, 0.15) is 61.0 Å². The first-order chi connectivity index (χ1) is 17.6. The molecule has 6 heteroatoms. The first-order valence-corrected chi connectivity index (χ1v) is 13.9. The Morgan fingerprint density at radius 1 is 1.03 bits per heavy atom. The predicted octanol–water partition coefficient (Wildman–Crippen LogP) is 4.27. The van der Waals surface area contributed by atoms with Gasteiger partial charge in [0.2, 0.25) is 5.91 Å². The minimum atomic E-state index is 0.167. The van der Waals surface area contributed by atoms with Crippen LogP contribution in [-0.4, -0.2) is 76.8 Å². The number of piperidine rings is 3. The third-order valence-electron chi connectivity index (χ3n) is 8.70. The Balaban J connectivity index is 1.24. The van der Waals surface area contributed by atoms with Gasteiger partial charge in [-0.05, 0) is 87.7 Å². The zero-order chi connectivity index (χ0) is 24.9. The number of likely N-dealkylation sites (N-methyl/N-ethyl adjacent to an activating group) is 1. The molecule has 2 amide bonds. The number of aromatic nitrogens is 1. The van der Waals surface area contributed by atoms with Gasteiger partial charge in [-0.15, -0.1) is 0 Å². The van der Waals surface area contributed by atoms with Crippen molar-refractivity contribution in [2.45, 2.75) is 63.5 Å². The van der Waals surface area contributed by atoms with Crippen molar-refractivity contribution in [1.29, 1.82) is 0 Å². The first-order valence-electron chi connectivity index (χ1n) is 13.9. The van der Waals surface area contributed by atoms with E-state index in [2.05, 4.69) is 14.8 Å². The van der Waals surface area contributed by atoms with Gasteiger partial charge >= 0.3 is 0 Å². The SMILES string of the molecule is CN(CCc1ccccn1)C(=O)CCC[C@@H]1[C@H]2CCCN3CCC[C@@H](CN1C(=O)c1ccccc1)[C@@H]23. The highest BCUT2D eigenvalue weighted by molar-refractivity contribution is 5.94. The Hall–Kier alpha value is -2.73. The molecule has 0 aliphatic carbocycles. The molecule has 4 atom stereocenters. The van der Waals surface area contributed by atoms with E-state index in [0.29, 0.717) is 30.8 Å². The summed E-state index contributed by atoms with van der Waals surface area (Å²) in [5.41, 5.74) is 1.80. The lowest BCUT2D eigenvalue weighted by Crippen LogP contribution is -2.65. The Labute approximate surface area is 215 Å². The van der Waals surface area contributed by atoms with Crippen molar-refractivity contribution >= 4 is 11.8 Å². The van der Waals surface area contributed by atoms with Crippen LogP contribution in [0.2, 0.25) is 0 Å². The molecule has 1 aromatic carbocycles. The molecule has 5 rings (SSSR count). The summed E-state index contributed by atoms with van der Waals surface area (Å²) in [6.07, 6.45) is 9.70. The van der Waals surface area contributed by atoms with E-state index in [-0.39, 0.29) is 17.9 Å². The van der Waals surface area contributed by atoms with Crippen LogP contribution in [0.15, 0.2) is 54.7 Å². The molecule has 0 N–H and O–H groups in total. The standard InChI is InChI=1S/C30H40N4O2/c1-32(21-17-25-13-5-6-18-31-25)28(35)16-7-15-27-26-14-9-20-33-19-8-12-24(29(26)33)22-34(27)30(36)23-10-3-2-4-11-23/h2-6,10-11,13,18,24,26-27,29H,7-9,12,14-17,19-22H2,1H3/t24-,26+,27+,29-/m0/s1. The van der Waals surface area contributed by atoms with Gasteiger partial charge in [-0.2, -0.15) is 0 Å². The predicted molar refractivity (Wildman–Crippen MR) is 142 cm³/mol. The lowest BCUT2D eigenvalue weighted by atomic mass is 9.69. The fourth-order valence-corrected chi connectivity index (χ4v) is 6.95. The van der Waals surface area contributed by atoms with Crippen LogP contribution in [0.25, 0.3) is 0 Å². The van der Waals surface area contributed by atoms with Crippen molar-refractivity contribution in [1.82, 2.24) is 19.7 Å². The molecule has 0 spiro atoms. The summed E-state index contributed by atoms with van der Waals surface area (Å²) in [4.78, 5) is 37.7. The van der Waals surface area contributed by atoms with Crippen LogP contribution < -0.4 is 0 Å². The number of rotatable bonds is 8. The van der Waals surface area contributed by atoms with Gasteiger partial charge in [0.1, 0.15) is 0 Å². The zero-order valence-corrected chi connectivity index (χ0v) is 21.6.